The predicted molar refractivity (Wildman–Crippen MR) is 37.1 cm³/mol. The number of nitrogens with one attached hydrogen (secondary N) is 1. The van der Waals surface area contributed by atoms with Crippen LogP contribution in [0.5, 0.6) is 0 Å². The molecule has 1 N–H and O–H groups in total. The molecule has 0 aliphatic rings. The number of aromatic nitrogens is 1. The molecular formula is C5H5N4O-. The average molecular weight is 137 g/mol. The highest BCUT2D eigenvalue weighted by Gasteiger charge is 1.69. The fourth-order valence-corrected chi connectivity index (χ4v) is 0.377. The van der Waals surface area contributed by atoms with Gasteiger partial charge in [-0.1, -0.05) is 6.07 Å². The number of nitrogens with zero attached hydrogens (tertiary/aromatic N) is 3. The van der Waals surface area contributed by atoms with Crippen LogP contribution in [0.25, 0.3) is 16.0 Å². The maximum Gasteiger partial charge on any atom is 0.247 e. The molecule has 0 amide bonds. The van der Waals surface area contributed by atoms with Crippen molar-refractivity contribution in [2.75, 3.05) is 0 Å². The molecule has 0 radical (unpaired) electrons. The molecule has 1 aromatic heterocycles. The van der Waals surface area contributed by atoms with Crippen LogP contribution >= 0.6 is 0 Å². The second kappa shape index (κ2) is 5.40. The Kier molecular flexibility index (Phi) is 4.46. The van der Waals surface area contributed by atoms with E-state index in [9.17, 15) is 4.79 Å². The van der Waals surface area contributed by atoms with E-state index in [4.69, 9.17) is 11.1 Å². The van der Waals surface area contributed by atoms with Crippen molar-refractivity contribution < 1.29 is 0 Å². The number of hydrogen-bond acceptors (Lipinski definition) is 1. The Balaban J connectivity index is 0.000000236. The fourth-order valence-electron chi connectivity index (χ4n) is 0.377. The summed E-state index contributed by atoms with van der Waals surface area (Å²) in [6, 6.07) is 4.93. The smallest absolute Gasteiger partial charge is 0.247 e. The molecule has 0 atom stereocenters. The van der Waals surface area contributed by atoms with Gasteiger partial charge in [0.25, 0.3) is 0 Å². The topological polar surface area (TPSA) is 91.6 Å². The lowest BCUT2D eigenvalue weighted by Crippen LogP contribution is -1.98. The minimum atomic E-state index is -0.0532. The van der Waals surface area contributed by atoms with Crippen molar-refractivity contribution >= 4 is 0 Å². The van der Waals surface area contributed by atoms with Gasteiger partial charge >= 0.3 is 0 Å². The standard InChI is InChI=1S/C5H5NO.N3/c7-5-3-1-2-4-6-5;1-3-2/h1-4H,(H,6,7);/q;-1. The Morgan fingerprint density at radius 1 is 1.40 bits per heavy atom. The number of H-pyrrole nitrogens is 1. The molecule has 0 saturated heterocycles. The van der Waals surface area contributed by atoms with E-state index in [1.165, 1.54) is 11.0 Å². The van der Waals surface area contributed by atoms with Crippen LogP contribution in [0.4, 0.5) is 0 Å². The summed E-state index contributed by atoms with van der Waals surface area (Å²) in [6.07, 6.45) is 1.60. The Labute approximate surface area is 56.7 Å². The molecule has 0 unspecified atom stereocenters. The SMILES string of the molecule is O=c1cccc[nH]1.[N-]=[N+]=[N-]. The summed E-state index contributed by atoms with van der Waals surface area (Å²) in [4.78, 5) is 14.2. The van der Waals surface area contributed by atoms with Crippen LogP contribution in [-0.2, 0) is 0 Å². The van der Waals surface area contributed by atoms with Crippen LogP contribution in [0.1, 0.15) is 0 Å². The first-order chi connectivity index (χ1) is 4.81. The second-order valence-corrected chi connectivity index (χ2v) is 1.32. The molecule has 52 valence electrons. The minimum Gasteiger partial charge on any atom is -0.373 e. The van der Waals surface area contributed by atoms with Crippen LogP contribution in [0.15, 0.2) is 29.2 Å². The maximum atomic E-state index is 10.2. The van der Waals surface area contributed by atoms with Crippen molar-refractivity contribution in [1.29, 1.82) is 0 Å². The van der Waals surface area contributed by atoms with Crippen LogP contribution in [0.3, 0.4) is 0 Å². The van der Waals surface area contributed by atoms with E-state index in [1.807, 2.05) is 0 Å². The number of aromatic amines is 1. The van der Waals surface area contributed by atoms with Crippen LogP contribution in [-0.4, -0.2) is 4.98 Å². The Bertz CT molecular complexity index is 243. The molecule has 5 nitrogen and oxygen atoms in total. The highest BCUT2D eigenvalue weighted by Crippen LogP contribution is 1.67. The first-order valence-electron chi connectivity index (χ1n) is 2.43. The summed E-state index contributed by atoms with van der Waals surface area (Å²) < 4.78 is 0. The van der Waals surface area contributed by atoms with Crippen LogP contribution in [0.2, 0.25) is 0 Å². The van der Waals surface area contributed by atoms with Crippen molar-refractivity contribution in [3.05, 3.63) is 50.7 Å². The molecular weight excluding hydrogens is 132 g/mol. The van der Waals surface area contributed by atoms with Crippen LogP contribution < -0.4 is 5.56 Å². The molecule has 10 heavy (non-hydrogen) atoms. The van der Waals surface area contributed by atoms with Gasteiger partial charge in [0, 0.05) is 12.3 Å². The molecule has 1 rings (SSSR count). The molecule has 0 aromatic carbocycles. The van der Waals surface area contributed by atoms with Gasteiger partial charge in [0.1, 0.15) is 0 Å². The van der Waals surface area contributed by atoms with Gasteiger partial charge in [-0.15, -0.1) is 0 Å². The number of pyridine rings is 1. The van der Waals surface area contributed by atoms with Gasteiger partial charge in [0.2, 0.25) is 5.56 Å². The lowest BCUT2D eigenvalue weighted by atomic mass is 10.5. The van der Waals surface area contributed by atoms with Crippen molar-refractivity contribution in [3.63, 3.8) is 0 Å². The zero-order valence-corrected chi connectivity index (χ0v) is 5.06. The Morgan fingerprint density at radius 3 is 2.20 bits per heavy atom. The van der Waals surface area contributed by atoms with Gasteiger partial charge in [-0.3, -0.25) is 9.71 Å². The second-order valence-electron chi connectivity index (χ2n) is 1.32. The van der Waals surface area contributed by atoms with Crippen molar-refractivity contribution in [2.24, 2.45) is 0 Å². The van der Waals surface area contributed by atoms with Gasteiger partial charge in [-0.25, -0.2) is 0 Å². The highest BCUT2D eigenvalue weighted by atomic mass is 16.1. The zero-order chi connectivity index (χ0) is 7.82. The summed E-state index contributed by atoms with van der Waals surface area (Å²) in [7, 11) is 0. The highest BCUT2D eigenvalue weighted by molar-refractivity contribution is 4.89. The van der Waals surface area contributed by atoms with E-state index in [0.29, 0.717) is 0 Å². The van der Waals surface area contributed by atoms with E-state index in [-0.39, 0.29) is 5.56 Å². The van der Waals surface area contributed by atoms with E-state index < -0.39 is 0 Å². The Morgan fingerprint density at radius 2 is 2.00 bits per heavy atom. The van der Waals surface area contributed by atoms with E-state index in [1.54, 1.807) is 18.3 Å². The Hall–Kier alpha value is -1.74. The van der Waals surface area contributed by atoms with Crippen LogP contribution in [0, 0.1) is 0 Å². The normalized spacial score (nSPS) is 6.80. The fraction of sp³-hybridized carbons (Fsp3) is 0. The van der Waals surface area contributed by atoms with Gasteiger partial charge < -0.3 is 16.0 Å². The summed E-state index contributed by atoms with van der Waals surface area (Å²) in [5, 5.41) is 0. The molecule has 0 bridgehead atoms. The number of hydrogen-bond donors (Lipinski definition) is 1. The lowest BCUT2D eigenvalue weighted by molar-refractivity contribution is 1.24. The molecule has 1 aromatic rings. The molecule has 0 saturated carbocycles. The minimum absolute atomic E-state index is 0.0532. The summed E-state index contributed by atoms with van der Waals surface area (Å²) in [6.45, 7) is 0. The van der Waals surface area contributed by atoms with Crippen molar-refractivity contribution in [2.45, 2.75) is 0 Å². The zero-order valence-electron chi connectivity index (χ0n) is 5.06. The average Bonchev–Trinajstić information content (AvgIpc) is 1.91. The van der Waals surface area contributed by atoms with Gasteiger partial charge in [0.05, 0.1) is 0 Å². The van der Waals surface area contributed by atoms with E-state index in [0.717, 1.165) is 0 Å². The summed E-state index contributed by atoms with van der Waals surface area (Å²) in [5.74, 6) is 0. The predicted octanol–water partition coefficient (Wildman–Crippen LogP) is 1.24. The van der Waals surface area contributed by atoms with Gasteiger partial charge in [-0.2, -0.15) is 0 Å². The molecule has 5 heteroatoms. The third kappa shape index (κ3) is 4.42. The first kappa shape index (κ1) is 8.26. The summed E-state index contributed by atoms with van der Waals surface area (Å²) >= 11 is 0. The third-order valence-corrected chi connectivity index (χ3v) is 0.681. The molecule has 1 heterocycles. The molecule has 0 fully saturated rings. The third-order valence-electron chi connectivity index (χ3n) is 0.681. The van der Waals surface area contributed by atoms with Crippen molar-refractivity contribution in [1.82, 2.24) is 4.98 Å². The van der Waals surface area contributed by atoms with E-state index >= 15 is 0 Å². The van der Waals surface area contributed by atoms with E-state index in [2.05, 4.69) is 4.98 Å². The van der Waals surface area contributed by atoms with Crippen molar-refractivity contribution in [3.8, 4) is 0 Å². The molecule has 0 aliphatic heterocycles. The van der Waals surface area contributed by atoms with Gasteiger partial charge in [0.15, 0.2) is 0 Å². The van der Waals surface area contributed by atoms with Gasteiger partial charge in [-0.05, 0) is 6.07 Å². The molecule has 0 aliphatic carbocycles. The summed E-state index contributed by atoms with van der Waals surface area (Å²) in [5.41, 5.74) is 13.4. The monoisotopic (exact) mass is 137 g/mol. The number of rotatable bonds is 0. The first-order valence-corrected chi connectivity index (χ1v) is 2.43. The quantitative estimate of drug-likeness (QED) is 0.325. The lowest BCUT2D eigenvalue weighted by Gasteiger charge is -1.73. The maximum absolute atomic E-state index is 10.2. The molecule has 0 spiro atoms. The largest absolute Gasteiger partial charge is 0.373 e.